The van der Waals surface area contributed by atoms with Crippen LogP contribution in [0.15, 0.2) is 34.8 Å². The molecule has 1 nitrogen and oxygen atoms in total. The monoisotopic (exact) mass is 451 g/mol. The Bertz CT molecular complexity index is 646. The Kier molecular flexibility index (Phi) is 5.14. The first-order valence-electron chi connectivity index (χ1n) is 6.02. The molecule has 1 N–H and O–H groups in total. The summed E-state index contributed by atoms with van der Waals surface area (Å²) in [6.45, 7) is 1.55. The van der Waals surface area contributed by atoms with Crippen molar-refractivity contribution in [3.8, 4) is 0 Å². The topological polar surface area (TPSA) is 12.0 Å². The lowest BCUT2D eigenvalue weighted by Crippen LogP contribution is -2.20. The van der Waals surface area contributed by atoms with Crippen LogP contribution >= 0.6 is 38.5 Å². The number of aryl methyl sites for hydroxylation is 1. The average Bonchev–Trinajstić information content (AvgIpc) is 2.43. The molecule has 20 heavy (non-hydrogen) atoms. The number of halogens is 4. The molecule has 106 valence electrons. The molecule has 0 spiro atoms. The van der Waals surface area contributed by atoms with Crippen molar-refractivity contribution in [1.82, 2.24) is 5.32 Å². The Morgan fingerprint density at radius 2 is 1.80 bits per heavy atom. The third-order valence-corrected chi connectivity index (χ3v) is 4.57. The predicted octanol–water partition coefficient (Wildman–Crippen LogP) is 4.95. The molecule has 0 heterocycles. The first-order valence-corrected chi connectivity index (χ1v) is 7.89. The molecular weight excluding hydrogens is 439 g/mol. The van der Waals surface area contributed by atoms with Crippen molar-refractivity contribution >= 4 is 38.5 Å². The molecule has 0 aliphatic heterocycles. The van der Waals surface area contributed by atoms with E-state index in [1.165, 1.54) is 0 Å². The molecule has 2 aromatic rings. The van der Waals surface area contributed by atoms with E-state index in [1.54, 1.807) is 26.1 Å². The molecular formula is C15H13BrF2IN. The third kappa shape index (κ3) is 3.04. The van der Waals surface area contributed by atoms with Gasteiger partial charge in [-0.25, -0.2) is 8.78 Å². The molecule has 2 aromatic carbocycles. The number of rotatable bonds is 3. The van der Waals surface area contributed by atoms with Crippen LogP contribution in [0, 0.1) is 22.1 Å². The molecule has 0 fully saturated rings. The van der Waals surface area contributed by atoms with Crippen LogP contribution in [0.5, 0.6) is 0 Å². The van der Waals surface area contributed by atoms with Gasteiger partial charge in [0.05, 0.1) is 6.04 Å². The minimum absolute atomic E-state index is 0.304. The van der Waals surface area contributed by atoms with Crippen molar-refractivity contribution in [1.29, 1.82) is 0 Å². The lowest BCUT2D eigenvalue weighted by molar-refractivity contribution is 0.482. The average molecular weight is 452 g/mol. The van der Waals surface area contributed by atoms with Gasteiger partial charge < -0.3 is 5.32 Å². The lowest BCUT2D eigenvalue weighted by atomic mass is 9.97. The molecule has 1 unspecified atom stereocenters. The van der Waals surface area contributed by atoms with Gasteiger partial charge in [0.25, 0.3) is 0 Å². The Morgan fingerprint density at radius 1 is 1.10 bits per heavy atom. The molecule has 5 heteroatoms. The Balaban J connectivity index is 2.58. The largest absolute Gasteiger partial charge is 0.309 e. The van der Waals surface area contributed by atoms with Gasteiger partial charge in [0.2, 0.25) is 0 Å². The Labute approximate surface area is 139 Å². The van der Waals surface area contributed by atoms with Gasteiger partial charge in [-0.3, -0.25) is 0 Å². The maximum atomic E-state index is 14.2. The highest BCUT2D eigenvalue weighted by atomic mass is 127. The summed E-state index contributed by atoms with van der Waals surface area (Å²) in [7, 11) is 1.73. The molecule has 0 bridgehead atoms. The molecule has 0 radical (unpaired) electrons. The van der Waals surface area contributed by atoms with E-state index >= 15 is 0 Å². The summed E-state index contributed by atoms with van der Waals surface area (Å²) >= 11 is 5.66. The summed E-state index contributed by atoms with van der Waals surface area (Å²) in [5, 5.41) is 3.05. The van der Waals surface area contributed by atoms with Crippen molar-refractivity contribution in [2.75, 3.05) is 7.05 Å². The number of benzene rings is 2. The lowest BCUT2D eigenvalue weighted by Gasteiger charge is -2.20. The van der Waals surface area contributed by atoms with Crippen molar-refractivity contribution in [3.05, 3.63) is 66.7 Å². The molecule has 0 amide bonds. The van der Waals surface area contributed by atoms with Crippen molar-refractivity contribution in [3.63, 3.8) is 0 Å². The van der Waals surface area contributed by atoms with E-state index in [9.17, 15) is 8.78 Å². The van der Waals surface area contributed by atoms with Gasteiger partial charge in [-0.1, -0.05) is 28.1 Å². The van der Waals surface area contributed by atoms with Gasteiger partial charge in [0.15, 0.2) is 11.6 Å². The van der Waals surface area contributed by atoms with E-state index in [2.05, 4.69) is 43.8 Å². The standard InChI is InChI=1S/C15H13BrF2IN/c1-8-3-5-10(14(18)13(8)17)15(20-2)11-7-9(19)4-6-12(11)16/h3-7,15,20H,1-2H3. The van der Waals surface area contributed by atoms with Crippen LogP contribution in [0.4, 0.5) is 8.78 Å². The van der Waals surface area contributed by atoms with E-state index in [0.717, 1.165) is 13.6 Å². The van der Waals surface area contributed by atoms with Gasteiger partial charge >= 0.3 is 0 Å². The van der Waals surface area contributed by atoms with Gasteiger partial charge in [-0.2, -0.15) is 0 Å². The second-order valence-electron chi connectivity index (χ2n) is 4.49. The SMILES string of the molecule is CNC(c1cc(I)ccc1Br)c1ccc(C)c(F)c1F. The summed E-state index contributed by atoms with van der Waals surface area (Å²) in [5.41, 5.74) is 1.49. The fourth-order valence-electron chi connectivity index (χ4n) is 2.10. The molecule has 0 aliphatic rings. The van der Waals surface area contributed by atoms with Gasteiger partial charge in [-0.05, 0) is 65.9 Å². The van der Waals surface area contributed by atoms with E-state index in [0.29, 0.717) is 11.1 Å². The molecule has 0 saturated heterocycles. The maximum Gasteiger partial charge on any atom is 0.164 e. The summed E-state index contributed by atoms with van der Waals surface area (Å²) in [4.78, 5) is 0. The zero-order valence-corrected chi connectivity index (χ0v) is 14.7. The Hall–Kier alpha value is -0.530. The summed E-state index contributed by atoms with van der Waals surface area (Å²) in [6, 6.07) is 8.62. The molecule has 0 aromatic heterocycles. The quantitative estimate of drug-likeness (QED) is 0.651. The zero-order chi connectivity index (χ0) is 14.9. The highest BCUT2D eigenvalue weighted by Gasteiger charge is 2.21. The van der Waals surface area contributed by atoms with Crippen molar-refractivity contribution < 1.29 is 8.78 Å². The van der Waals surface area contributed by atoms with Crippen LogP contribution in [0.2, 0.25) is 0 Å². The predicted molar refractivity (Wildman–Crippen MR) is 88.9 cm³/mol. The van der Waals surface area contributed by atoms with Crippen molar-refractivity contribution in [2.45, 2.75) is 13.0 Å². The normalized spacial score (nSPS) is 12.5. The first kappa shape index (κ1) is 15.9. The summed E-state index contributed by atoms with van der Waals surface area (Å²) < 4.78 is 29.8. The molecule has 0 aliphatic carbocycles. The number of nitrogens with one attached hydrogen (secondary N) is 1. The van der Waals surface area contributed by atoms with Crippen LogP contribution in [0.3, 0.4) is 0 Å². The van der Waals surface area contributed by atoms with Gasteiger partial charge in [0, 0.05) is 13.6 Å². The highest BCUT2D eigenvalue weighted by Crippen LogP contribution is 2.32. The van der Waals surface area contributed by atoms with Crippen LogP contribution in [0.25, 0.3) is 0 Å². The highest BCUT2D eigenvalue weighted by molar-refractivity contribution is 14.1. The molecule has 2 rings (SSSR count). The van der Waals surface area contributed by atoms with E-state index in [1.807, 2.05) is 18.2 Å². The maximum absolute atomic E-state index is 14.2. The third-order valence-electron chi connectivity index (χ3n) is 3.17. The van der Waals surface area contributed by atoms with Gasteiger partial charge in [-0.15, -0.1) is 0 Å². The van der Waals surface area contributed by atoms with Crippen LogP contribution < -0.4 is 5.32 Å². The Morgan fingerprint density at radius 3 is 2.45 bits per heavy atom. The molecule has 0 saturated carbocycles. The minimum Gasteiger partial charge on any atom is -0.309 e. The van der Waals surface area contributed by atoms with Gasteiger partial charge in [0.1, 0.15) is 0 Å². The fraction of sp³-hybridized carbons (Fsp3) is 0.200. The first-order chi connectivity index (χ1) is 9.45. The smallest absolute Gasteiger partial charge is 0.164 e. The van der Waals surface area contributed by atoms with Crippen LogP contribution in [-0.4, -0.2) is 7.05 Å². The van der Waals surface area contributed by atoms with Crippen LogP contribution in [0.1, 0.15) is 22.7 Å². The summed E-state index contributed by atoms with van der Waals surface area (Å²) in [5.74, 6) is -1.58. The van der Waals surface area contributed by atoms with Crippen molar-refractivity contribution in [2.24, 2.45) is 0 Å². The van der Waals surface area contributed by atoms with E-state index in [4.69, 9.17) is 0 Å². The number of hydrogen-bond donors (Lipinski definition) is 1. The second-order valence-corrected chi connectivity index (χ2v) is 6.59. The number of hydrogen-bond acceptors (Lipinski definition) is 1. The fourth-order valence-corrected chi connectivity index (χ4v) is 3.09. The van der Waals surface area contributed by atoms with Crippen LogP contribution in [-0.2, 0) is 0 Å². The van der Waals surface area contributed by atoms with E-state index in [-0.39, 0.29) is 0 Å². The van der Waals surface area contributed by atoms with E-state index < -0.39 is 17.7 Å². The molecule has 1 atom stereocenters. The minimum atomic E-state index is -0.796. The zero-order valence-electron chi connectivity index (χ0n) is 11.0. The summed E-state index contributed by atoms with van der Waals surface area (Å²) in [6.07, 6.45) is 0. The second kappa shape index (κ2) is 6.49.